The van der Waals surface area contributed by atoms with E-state index < -0.39 is 0 Å². The molecule has 2 aromatic carbocycles. The zero-order valence-corrected chi connectivity index (χ0v) is 15.9. The number of methoxy groups -OCH3 is 2. The maximum absolute atomic E-state index is 12.3. The Labute approximate surface area is 158 Å². The normalized spacial score (nSPS) is 15.3. The van der Waals surface area contributed by atoms with E-state index in [2.05, 4.69) is 5.32 Å². The van der Waals surface area contributed by atoms with Crippen molar-refractivity contribution in [2.45, 2.75) is 26.2 Å². The van der Waals surface area contributed by atoms with Crippen LogP contribution in [0, 0.1) is 6.92 Å². The van der Waals surface area contributed by atoms with Crippen molar-refractivity contribution in [1.29, 1.82) is 0 Å². The molecule has 0 aliphatic heterocycles. The zero-order valence-electron chi connectivity index (χ0n) is 15.9. The molecule has 0 radical (unpaired) electrons. The molecule has 1 aliphatic rings. The fourth-order valence-corrected chi connectivity index (χ4v) is 3.46. The number of ketones is 1. The van der Waals surface area contributed by atoms with Gasteiger partial charge in [0.2, 0.25) is 0 Å². The summed E-state index contributed by atoms with van der Waals surface area (Å²) >= 11 is 0. The highest BCUT2D eigenvalue weighted by molar-refractivity contribution is 6.04. The molecule has 6 heteroatoms. The summed E-state index contributed by atoms with van der Waals surface area (Å²) in [5.74, 6) is 1.47. The van der Waals surface area contributed by atoms with Crippen LogP contribution in [0.4, 0.5) is 5.69 Å². The molecule has 6 nitrogen and oxygen atoms in total. The summed E-state index contributed by atoms with van der Waals surface area (Å²) in [6.45, 7) is 3.82. The third kappa shape index (κ3) is 3.74. The first kappa shape index (κ1) is 18.8. The maximum atomic E-state index is 12.3. The number of amides is 1. The van der Waals surface area contributed by atoms with Gasteiger partial charge >= 0.3 is 0 Å². The number of hydrogen-bond donors (Lipinski definition) is 1. The summed E-state index contributed by atoms with van der Waals surface area (Å²) in [5, 5.41) is 2.75. The monoisotopic (exact) mass is 369 g/mol. The number of aryl methyl sites for hydroxylation is 1. The molecule has 27 heavy (non-hydrogen) atoms. The molecule has 0 spiro atoms. The Balaban J connectivity index is 1.72. The summed E-state index contributed by atoms with van der Waals surface area (Å²) in [4.78, 5) is 24.6. The second-order valence-corrected chi connectivity index (χ2v) is 6.60. The lowest BCUT2D eigenvalue weighted by molar-refractivity contribution is -0.118. The summed E-state index contributed by atoms with van der Waals surface area (Å²) in [5.41, 5.74) is 3.22. The first-order valence-electron chi connectivity index (χ1n) is 8.76. The van der Waals surface area contributed by atoms with Gasteiger partial charge in [-0.15, -0.1) is 0 Å². The van der Waals surface area contributed by atoms with Gasteiger partial charge in [0.1, 0.15) is 17.2 Å². The molecule has 1 N–H and O–H groups in total. The average molecular weight is 369 g/mol. The Hall–Kier alpha value is -3.02. The maximum Gasteiger partial charge on any atom is 0.262 e. The van der Waals surface area contributed by atoms with Crippen molar-refractivity contribution in [2.24, 2.45) is 0 Å². The van der Waals surface area contributed by atoms with Crippen molar-refractivity contribution in [1.82, 2.24) is 0 Å². The average Bonchev–Trinajstić information content (AvgIpc) is 2.97. The molecule has 1 atom stereocenters. The van der Waals surface area contributed by atoms with E-state index >= 15 is 0 Å². The highest BCUT2D eigenvalue weighted by Crippen LogP contribution is 2.40. The van der Waals surface area contributed by atoms with Crippen LogP contribution in [0.3, 0.4) is 0 Å². The Morgan fingerprint density at radius 3 is 2.63 bits per heavy atom. The van der Waals surface area contributed by atoms with Crippen molar-refractivity contribution in [3.8, 4) is 17.2 Å². The van der Waals surface area contributed by atoms with E-state index in [0.717, 1.165) is 11.1 Å². The highest BCUT2D eigenvalue weighted by Gasteiger charge is 2.31. The minimum Gasteiger partial charge on any atom is -0.497 e. The van der Waals surface area contributed by atoms with Crippen LogP contribution >= 0.6 is 0 Å². The molecule has 0 aromatic heterocycles. The number of Topliss-reactive ketones (excluding diaryl/α,β-unsaturated/α-hetero) is 1. The number of benzene rings is 2. The first-order chi connectivity index (χ1) is 12.9. The summed E-state index contributed by atoms with van der Waals surface area (Å²) < 4.78 is 16.1. The Morgan fingerprint density at radius 2 is 1.93 bits per heavy atom. The van der Waals surface area contributed by atoms with E-state index in [1.54, 1.807) is 31.4 Å². The van der Waals surface area contributed by atoms with E-state index in [-0.39, 0.29) is 24.2 Å². The molecule has 3 rings (SSSR count). The predicted octanol–water partition coefficient (Wildman–Crippen LogP) is 3.72. The second kappa shape index (κ2) is 7.70. The fraction of sp³-hybridized carbons (Fsp3) is 0.333. The van der Waals surface area contributed by atoms with Crippen molar-refractivity contribution in [3.05, 3.63) is 47.0 Å². The van der Waals surface area contributed by atoms with Crippen LogP contribution in [0.15, 0.2) is 30.3 Å². The van der Waals surface area contributed by atoms with Gasteiger partial charge in [0, 0.05) is 12.5 Å². The number of rotatable bonds is 6. The van der Waals surface area contributed by atoms with Gasteiger partial charge in [0.05, 0.1) is 25.5 Å². The van der Waals surface area contributed by atoms with E-state index in [0.29, 0.717) is 34.9 Å². The molecule has 0 saturated heterocycles. The van der Waals surface area contributed by atoms with Crippen LogP contribution < -0.4 is 19.5 Å². The summed E-state index contributed by atoms with van der Waals surface area (Å²) in [6, 6.07) is 8.79. The van der Waals surface area contributed by atoms with Gasteiger partial charge in [-0.2, -0.15) is 0 Å². The van der Waals surface area contributed by atoms with Gasteiger partial charge in [-0.05, 0) is 42.2 Å². The van der Waals surface area contributed by atoms with Gasteiger partial charge in [-0.1, -0.05) is 13.0 Å². The quantitative estimate of drug-likeness (QED) is 0.840. The van der Waals surface area contributed by atoms with Gasteiger partial charge in [-0.3, -0.25) is 9.59 Å². The van der Waals surface area contributed by atoms with Crippen LogP contribution in [0.25, 0.3) is 0 Å². The third-order valence-corrected chi connectivity index (χ3v) is 4.73. The summed E-state index contributed by atoms with van der Waals surface area (Å²) in [7, 11) is 3.08. The molecule has 0 heterocycles. The summed E-state index contributed by atoms with van der Waals surface area (Å²) in [6.07, 6.45) is 0.478. The van der Waals surface area contributed by atoms with Crippen LogP contribution in [0.5, 0.6) is 17.2 Å². The van der Waals surface area contributed by atoms with Gasteiger partial charge < -0.3 is 19.5 Å². The smallest absolute Gasteiger partial charge is 0.262 e. The number of carbonyl (C=O) groups is 2. The highest BCUT2D eigenvalue weighted by atomic mass is 16.5. The predicted molar refractivity (Wildman–Crippen MR) is 102 cm³/mol. The third-order valence-electron chi connectivity index (χ3n) is 4.73. The Morgan fingerprint density at radius 1 is 1.15 bits per heavy atom. The van der Waals surface area contributed by atoms with E-state index in [9.17, 15) is 9.59 Å². The number of fused-ring (bicyclic) bond motifs is 1. The van der Waals surface area contributed by atoms with E-state index in [1.807, 2.05) is 19.9 Å². The number of carbonyl (C=O) groups excluding carboxylic acids is 2. The lowest BCUT2D eigenvalue weighted by Crippen LogP contribution is -2.21. The Bertz CT molecular complexity index is 890. The lowest BCUT2D eigenvalue weighted by Gasteiger charge is -2.14. The Kier molecular flexibility index (Phi) is 5.35. The van der Waals surface area contributed by atoms with Gasteiger partial charge in [-0.25, -0.2) is 0 Å². The van der Waals surface area contributed by atoms with Crippen LogP contribution in [-0.2, 0) is 4.79 Å². The molecule has 1 aliphatic carbocycles. The van der Waals surface area contributed by atoms with Gasteiger partial charge in [0.25, 0.3) is 5.91 Å². The van der Waals surface area contributed by atoms with Crippen LogP contribution in [0.2, 0.25) is 0 Å². The molecule has 0 fully saturated rings. The molecule has 2 aromatic rings. The number of hydrogen-bond acceptors (Lipinski definition) is 5. The zero-order chi connectivity index (χ0) is 19.6. The SMILES string of the molecule is COc1ccc(NC(=O)COc2ccc(C)c3c2C(=O)CC3C)c(OC)c1. The number of anilines is 1. The molecular formula is C21H23NO5. The first-order valence-corrected chi connectivity index (χ1v) is 8.76. The van der Waals surface area contributed by atoms with E-state index in [4.69, 9.17) is 14.2 Å². The number of nitrogens with one attached hydrogen (secondary N) is 1. The van der Waals surface area contributed by atoms with Crippen molar-refractivity contribution < 1.29 is 23.8 Å². The van der Waals surface area contributed by atoms with E-state index in [1.165, 1.54) is 7.11 Å². The molecule has 142 valence electrons. The minimum atomic E-state index is -0.341. The fourth-order valence-electron chi connectivity index (χ4n) is 3.46. The largest absolute Gasteiger partial charge is 0.497 e. The molecule has 0 bridgehead atoms. The van der Waals surface area contributed by atoms with Crippen LogP contribution in [0.1, 0.15) is 40.7 Å². The topological polar surface area (TPSA) is 73.9 Å². The molecule has 1 unspecified atom stereocenters. The standard InChI is InChI=1S/C21H23NO5/c1-12-5-8-17(21-16(23)9-13(2)20(12)21)27-11-19(24)22-15-7-6-14(25-3)10-18(15)26-4/h5-8,10,13H,9,11H2,1-4H3,(H,22,24). The second-order valence-electron chi connectivity index (χ2n) is 6.60. The molecule has 1 amide bonds. The van der Waals surface area contributed by atoms with Gasteiger partial charge in [0.15, 0.2) is 12.4 Å². The van der Waals surface area contributed by atoms with Crippen LogP contribution in [-0.4, -0.2) is 32.5 Å². The van der Waals surface area contributed by atoms with Crippen molar-refractivity contribution in [3.63, 3.8) is 0 Å². The van der Waals surface area contributed by atoms with Crippen molar-refractivity contribution in [2.75, 3.05) is 26.1 Å². The molecular weight excluding hydrogens is 346 g/mol. The number of ether oxygens (including phenoxy) is 3. The lowest BCUT2D eigenvalue weighted by atomic mass is 9.97. The molecule has 0 saturated carbocycles. The minimum absolute atomic E-state index is 0.0634. The van der Waals surface area contributed by atoms with Crippen molar-refractivity contribution >= 4 is 17.4 Å².